The Balaban J connectivity index is 1.96. The molecule has 0 aliphatic carbocycles. The normalized spacial score (nSPS) is 25.1. The van der Waals surface area contributed by atoms with E-state index < -0.39 is 0 Å². The summed E-state index contributed by atoms with van der Waals surface area (Å²) in [6, 6.07) is 7.16. The lowest BCUT2D eigenvalue weighted by molar-refractivity contribution is -0.121. The van der Waals surface area contributed by atoms with Crippen molar-refractivity contribution in [3.63, 3.8) is 0 Å². The van der Waals surface area contributed by atoms with Crippen molar-refractivity contribution < 1.29 is 4.79 Å². The second kappa shape index (κ2) is 6.27. The number of piperidine rings is 1. The number of likely N-dealkylation sites (tertiary alicyclic amines) is 1. The Hall–Kier alpha value is -1.55. The molecule has 1 fully saturated rings. The van der Waals surface area contributed by atoms with Crippen molar-refractivity contribution in [1.82, 2.24) is 4.90 Å². The molecule has 2 rings (SSSR count). The Bertz CT molecular complexity index is 447. The zero-order chi connectivity index (χ0) is 14.7. The van der Waals surface area contributed by atoms with Gasteiger partial charge < -0.3 is 11.1 Å². The highest BCUT2D eigenvalue weighted by Gasteiger charge is 2.28. The second-order valence-electron chi connectivity index (χ2n) is 6.19. The van der Waals surface area contributed by atoms with Crippen LogP contribution in [0.5, 0.6) is 0 Å². The van der Waals surface area contributed by atoms with E-state index >= 15 is 0 Å². The number of carbonyl (C=O) groups is 1. The molecule has 4 heteroatoms. The Kier molecular flexibility index (Phi) is 4.65. The predicted molar refractivity (Wildman–Crippen MR) is 83.5 cm³/mol. The lowest BCUT2D eigenvalue weighted by atomic mass is 9.91. The molecule has 1 aromatic rings. The summed E-state index contributed by atoms with van der Waals surface area (Å²) in [4.78, 5) is 14.6. The van der Waals surface area contributed by atoms with Gasteiger partial charge in [-0.15, -0.1) is 0 Å². The molecule has 4 nitrogen and oxygen atoms in total. The fourth-order valence-corrected chi connectivity index (χ4v) is 3.01. The molecule has 110 valence electrons. The number of carbonyl (C=O) groups excluding carboxylic acids is 1. The average Bonchev–Trinajstić information content (AvgIpc) is 2.39. The average molecular weight is 275 g/mol. The fraction of sp³-hybridized carbons (Fsp3) is 0.562. The number of nitrogens with zero attached hydrogens (tertiary/aromatic N) is 1. The molecular weight excluding hydrogens is 250 g/mol. The van der Waals surface area contributed by atoms with Crippen LogP contribution < -0.4 is 11.1 Å². The zero-order valence-corrected chi connectivity index (χ0v) is 12.6. The van der Waals surface area contributed by atoms with Gasteiger partial charge in [-0.05, 0) is 49.4 Å². The minimum atomic E-state index is -0.0993. The first-order valence-electron chi connectivity index (χ1n) is 7.36. The van der Waals surface area contributed by atoms with Crippen LogP contribution in [-0.4, -0.2) is 29.9 Å². The minimum absolute atomic E-state index is 0.0519. The van der Waals surface area contributed by atoms with Crippen molar-refractivity contribution in [2.75, 3.05) is 24.1 Å². The van der Waals surface area contributed by atoms with E-state index in [0.29, 0.717) is 17.5 Å². The molecule has 0 bridgehead atoms. The molecule has 0 spiro atoms. The van der Waals surface area contributed by atoms with Crippen LogP contribution in [0.15, 0.2) is 24.3 Å². The summed E-state index contributed by atoms with van der Waals surface area (Å²) >= 11 is 0. The largest absolute Gasteiger partial charge is 0.399 e. The number of anilines is 2. The molecule has 20 heavy (non-hydrogen) atoms. The zero-order valence-electron chi connectivity index (χ0n) is 12.6. The highest BCUT2D eigenvalue weighted by atomic mass is 16.2. The maximum absolute atomic E-state index is 12.3. The van der Waals surface area contributed by atoms with E-state index in [0.717, 1.165) is 18.8 Å². The monoisotopic (exact) mass is 275 g/mol. The molecule has 1 saturated heterocycles. The molecule has 1 aromatic carbocycles. The van der Waals surface area contributed by atoms with E-state index in [2.05, 4.69) is 24.1 Å². The first-order chi connectivity index (χ1) is 9.45. The van der Waals surface area contributed by atoms with Gasteiger partial charge in [-0.25, -0.2) is 0 Å². The molecule has 1 heterocycles. The van der Waals surface area contributed by atoms with E-state index in [1.165, 1.54) is 6.42 Å². The van der Waals surface area contributed by atoms with Crippen LogP contribution in [0, 0.1) is 11.8 Å². The van der Waals surface area contributed by atoms with Crippen molar-refractivity contribution in [2.24, 2.45) is 11.8 Å². The van der Waals surface area contributed by atoms with Gasteiger partial charge in [0, 0.05) is 24.5 Å². The van der Waals surface area contributed by atoms with Crippen molar-refractivity contribution >= 4 is 17.3 Å². The topological polar surface area (TPSA) is 58.4 Å². The predicted octanol–water partition coefficient (Wildman–Crippen LogP) is 2.57. The van der Waals surface area contributed by atoms with Crippen LogP contribution in [0.1, 0.15) is 27.2 Å². The lowest BCUT2D eigenvalue weighted by Crippen LogP contribution is -2.48. The standard InChI is InChI=1S/C16H25N3O/c1-11-8-12(2)10-19(9-11)13(3)16(20)18-15-6-4-14(17)5-7-15/h4-7,11-13H,8-10,17H2,1-3H3,(H,18,20). The Morgan fingerprint density at radius 2 is 1.80 bits per heavy atom. The van der Waals surface area contributed by atoms with Gasteiger partial charge in [0.25, 0.3) is 0 Å². The summed E-state index contributed by atoms with van der Waals surface area (Å²) in [7, 11) is 0. The third-order valence-electron chi connectivity index (χ3n) is 4.00. The van der Waals surface area contributed by atoms with Gasteiger partial charge in [0.15, 0.2) is 0 Å². The highest BCUT2D eigenvalue weighted by Crippen LogP contribution is 2.23. The van der Waals surface area contributed by atoms with Crippen LogP contribution in [0.4, 0.5) is 11.4 Å². The number of nitrogens with two attached hydrogens (primary N) is 1. The smallest absolute Gasteiger partial charge is 0.241 e. The summed E-state index contributed by atoms with van der Waals surface area (Å²) in [6.07, 6.45) is 1.25. The van der Waals surface area contributed by atoms with Crippen LogP contribution in [-0.2, 0) is 4.79 Å². The van der Waals surface area contributed by atoms with Crippen LogP contribution in [0.25, 0.3) is 0 Å². The van der Waals surface area contributed by atoms with Gasteiger partial charge in [0.05, 0.1) is 6.04 Å². The van der Waals surface area contributed by atoms with Crippen LogP contribution in [0.2, 0.25) is 0 Å². The molecule has 0 aromatic heterocycles. The first kappa shape index (κ1) is 14.9. The SMILES string of the molecule is CC1CC(C)CN(C(C)C(=O)Nc2ccc(N)cc2)C1. The lowest BCUT2D eigenvalue weighted by Gasteiger charge is -2.38. The number of amides is 1. The Morgan fingerprint density at radius 3 is 2.35 bits per heavy atom. The second-order valence-corrected chi connectivity index (χ2v) is 6.19. The van der Waals surface area contributed by atoms with Crippen LogP contribution in [0.3, 0.4) is 0 Å². The third-order valence-corrected chi connectivity index (χ3v) is 4.00. The summed E-state index contributed by atoms with van der Waals surface area (Å²) in [6.45, 7) is 8.50. The number of nitrogen functional groups attached to an aromatic ring is 1. The summed E-state index contributed by atoms with van der Waals surface area (Å²) in [5.41, 5.74) is 7.15. The Labute approximate surface area is 121 Å². The number of hydrogen-bond donors (Lipinski definition) is 2. The van der Waals surface area contributed by atoms with Gasteiger partial charge in [-0.3, -0.25) is 9.69 Å². The molecule has 0 radical (unpaired) electrons. The van der Waals surface area contributed by atoms with E-state index in [-0.39, 0.29) is 11.9 Å². The maximum atomic E-state index is 12.3. The van der Waals surface area contributed by atoms with Crippen molar-refractivity contribution in [2.45, 2.75) is 33.2 Å². The molecule has 0 saturated carbocycles. The third kappa shape index (κ3) is 3.73. The molecule has 1 aliphatic rings. The van der Waals surface area contributed by atoms with Gasteiger partial charge >= 0.3 is 0 Å². The van der Waals surface area contributed by atoms with E-state index in [9.17, 15) is 4.79 Å². The van der Waals surface area contributed by atoms with Crippen molar-refractivity contribution in [1.29, 1.82) is 0 Å². The van der Waals surface area contributed by atoms with Gasteiger partial charge in [0.1, 0.15) is 0 Å². The number of rotatable bonds is 3. The quantitative estimate of drug-likeness (QED) is 0.834. The number of benzene rings is 1. The van der Waals surface area contributed by atoms with E-state index in [1.807, 2.05) is 19.1 Å². The van der Waals surface area contributed by atoms with E-state index in [1.54, 1.807) is 12.1 Å². The summed E-state index contributed by atoms with van der Waals surface area (Å²) in [5, 5.41) is 2.96. The van der Waals surface area contributed by atoms with E-state index in [4.69, 9.17) is 5.73 Å². The fourth-order valence-electron chi connectivity index (χ4n) is 3.01. The van der Waals surface area contributed by atoms with Crippen LogP contribution >= 0.6 is 0 Å². The minimum Gasteiger partial charge on any atom is -0.399 e. The number of nitrogens with one attached hydrogen (secondary N) is 1. The number of hydrogen-bond acceptors (Lipinski definition) is 3. The maximum Gasteiger partial charge on any atom is 0.241 e. The molecule has 3 atom stereocenters. The van der Waals surface area contributed by atoms with Gasteiger partial charge in [-0.2, -0.15) is 0 Å². The Morgan fingerprint density at radius 1 is 1.25 bits per heavy atom. The summed E-state index contributed by atoms with van der Waals surface area (Å²) in [5.74, 6) is 1.37. The molecule has 3 N–H and O–H groups in total. The highest BCUT2D eigenvalue weighted by molar-refractivity contribution is 5.94. The molecule has 1 amide bonds. The van der Waals surface area contributed by atoms with Crippen molar-refractivity contribution in [3.05, 3.63) is 24.3 Å². The molecule has 3 unspecified atom stereocenters. The van der Waals surface area contributed by atoms with Gasteiger partial charge in [0.2, 0.25) is 5.91 Å². The molecular formula is C16H25N3O. The molecule has 1 aliphatic heterocycles. The van der Waals surface area contributed by atoms with Crippen molar-refractivity contribution in [3.8, 4) is 0 Å². The summed E-state index contributed by atoms with van der Waals surface area (Å²) < 4.78 is 0. The first-order valence-corrected chi connectivity index (χ1v) is 7.36. The van der Waals surface area contributed by atoms with Gasteiger partial charge in [-0.1, -0.05) is 13.8 Å².